The summed E-state index contributed by atoms with van der Waals surface area (Å²) in [6.07, 6.45) is 0. The topological polar surface area (TPSA) is 81.9 Å². The van der Waals surface area contributed by atoms with Crippen LogP contribution in [0.4, 0.5) is 5.69 Å². The van der Waals surface area contributed by atoms with Crippen molar-refractivity contribution in [1.29, 1.82) is 0 Å². The molecule has 0 aliphatic carbocycles. The van der Waals surface area contributed by atoms with Gasteiger partial charge in [-0.3, -0.25) is 4.79 Å². The zero-order valence-corrected chi connectivity index (χ0v) is 16.6. The normalized spacial score (nSPS) is 10.7. The Labute approximate surface area is 166 Å². The summed E-state index contributed by atoms with van der Waals surface area (Å²) in [5, 5.41) is 15.6. The van der Waals surface area contributed by atoms with E-state index in [1.165, 1.54) is 11.8 Å². The second-order valence-corrected chi connectivity index (χ2v) is 7.17. The molecule has 1 N–H and O–H groups in total. The second-order valence-electron chi connectivity index (χ2n) is 5.82. The monoisotopic (exact) mass is 403 g/mol. The number of nitrogens with zero attached hydrogens (tertiary/aromatic N) is 4. The summed E-state index contributed by atoms with van der Waals surface area (Å²) in [5.74, 6) is 0.584. The molecule has 7 nitrogen and oxygen atoms in total. The van der Waals surface area contributed by atoms with Gasteiger partial charge in [0, 0.05) is 0 Å². The molecule has 0 unspecified atom stereocenters. The van der Waals surface area contributed by atoms with Gasteiger partial charge < -0.3 is 10.1 Å². The number of rotatable bonds is 6. The van der Waals surface area contributed by atoms with Gasteiger partial charge in [-0.2, -0.15) is 4.68 Å². The summed E-state index contributed by atoms with van der Waals surface area (Å²) in [6, 6.07) is 11.2. The van der Waals surface area contributed by atoms with Crippen molar-refractivity contribution in [2.24, 2.45) is 0 Å². The van der Waals surface area contributed by atoms with Gasteiger partial charge in [0.1, 0.15) is 11.4 Å². The number of benzene rings is 2. The number of aromatic nitrogens is 4. The molecule has 0 aliphatic rings. The zero-order valence-electron chi connectivity index (χ0n) is 15.1. The first-order valence-corrected chi connectivity index (χ1v) is 9.47. The van der Waals surface area contributed by atoms with Crippen LogP contribution >= 0.6 is 23.4 Å². The zero-order chi connectivity index (χ0) is 19.4. The first kappa shape index (κ1) is 19.2. The molecule has 0 radical (unpaired) electrons. The van der Waals surface area contributed by atoms with Gasteiger partial charge in [0.15, 0.2) is 0 Å². The third-order valence-corrected chi connectivity index (χ3v) is 5.00. The predicted octanol–water partition coefficient (Wildman–Crippen LogP) is 3.67. The fourth-order valence-corrected chi connectivity index (χ4v) is 3.66. The maximum atomic E-state index is 12.4. The van der Waals surface area contributed by atoms with Crippen LogP contribution in [0.2, 0.25) is 5.02 Å². The number of hydrogen-bond acceptors (Lipinski definition) is 6. The van der Waals surface area contributed by atoms with Crippen LogP contribution < -0.4 is 10.1 Å². The van der Waals surface area contributed by atoms with Crippen LogP contribution in [0.3, 0.4) is 0 Å². The van der Waals surface area contributed by atoms with Crippen molar-refractivity contribution < 1.29 is 9.53 Å². The van der Waals surface area contributed by atoms with E-state index in [9.17, 15) is 4.79 Å². The van der Waals surface area contributed by atoms with Crippen LogP contribution in [0.5, 0.6) is 5.75 Å². The fraction of sp³-hybridized carbons (Fsp3) is 0.222. The van der Waals surface area contributed by atoms with E-state index < -0.39 is 0 Å². The lowest BCUT2D eigenvalue weighted by Crippen LogP contribution is -2.16. The average molecular weight is 404 g/mol. The molecule has 0 aliphatic heterocycles. The molecule has 27 heavy (non-hydrogen) atoms. The standard InChI is InChI=1S/C18H18ClN5O2S/c1-11-8-12(2)17(13(19)9-11)20-16(25)10-27-18-21-22-23-24(18)14-6-4-5-7-15(14)26-3/h4-9H,10H2,1-3H3,(H,20,25). The van der Waals surface area contributed by atoms with Crippen LogP contribution in [0.15, 0.2) is 41.6 Å². The van der Waals surface area contributed by atoms with Crippen molar-refractivity contribution in [2.75, 3.05) is 18.2 Å². The van der Waals surface area contributed by atoms with E-state index in [4.69, 9.17) is 16.3 Å². The number of carbonyl (C=O) groups is 1. The Morgan fingerprint density at radius 2 is 2.07 bits per heavy atom. The number of tetrazole rings is 1. The van der Waals surface area contributed by atoms with Crippen molar-refractivity contribution in [3.05, 3.63) is 52.5 Å². The SMILES string of the molecule is COc1ccccc1-n1nnnc1SCC(=O)Nc1c(C)cc(C)cc1Cl. The number of anilines is 1. The van der Waals surface area contributed by atoms with Crippen LogP contribution in [0.25, 0.3) is 5.69 Å². The van der Waals surface area contributed by atoms with Crippen LogP contribution in [0, 0.1) is 13.8 Å². The summed E-state index contributed by atoms with van der Waals surface area (Å²) in [5.41, 5.74) is 3.28. The minimum Gasteiger partial charge on any atom is -0.494 e. The third-order valence-electron chi connectivity index (χ3n) is 3.78. The van der Waals surface area contributed by atoms with Gasteiger partial charge >= 0.3 is 0 Å². The number of thioether (sulfide) groups is 1. The molecular weight excluding hydrogens is 386 g/mol. The number of methoxy groups -OCH3 is 1. The van der Waals surface area contributed by atoms with Crippen molar-refractivity contribution in [2.45, 2.75) is 19.0 Å². The Bertz CT molecular complexity index is 953. The Morgan fingerprint density at radius 3 is 2.81 bits per heavy atom. The summed E-state index contributed by atoms with van der Waals surface area (Å²) >= 11 is 7.47. The van der Waals surface area contributed by atoms with Gasteiger partial charge in [0.2, 0.25) is 11.1 Å². The van der Waals surface area contributed by atoms with Gasteiger partial charge in [-0.15, -0.1) is 5.10 Å². The number of nitrogens with one attached hydrogen (secondary N) is 1. The fourth-order valence-electron chi connectivity index (χ4n) is 2.60. The summed E-state index contributed by atoms with van der Waals surface area (Å²) in [6.45, 7) is 3.86. The van der Waals surface area contributed by atoms with E-state index >= 15 is 0 Å². The van der Waals surface area contributed by atoms with E-state index in [2.05, 4.69) is 20.8 Å². The van der Waals surface area contributed by atoms with Gasteiger partial charge in [0.25, 0.3) is 0 Å². The molecular formula is C18H18ClN5O2S. The molecule has 0 spiro atoms. The molecule has 0 fully saturated rings. The summed E-state index contributed by atoms with van der Waals surface area (Å²) < 4.78 is 6.89. The first-order chi connectivity index (χ1) is 13.0. The molecule has 140 valence electrons. The lowest BCUT2D eigenvalue weighted by molar-refractivity contribution is -0.113. The highest BCUT2D eigenvalue weighted by atomic mass is 35.5. The Hall–Kier alpha value is -2.58. The van der Waals surface area contributed by atoms with Gasteiger partial charge in [-0.25, -0.2) is 0 Å². The molecule has 1 amide bonds. The number of halogens is 1. The number of carbonyl (C=O) groups excluding carboxylic acids is 1. The quantitative estimate of drug-likeness (QED) is 0.632. The Balaban J connectivity index is 1.72. The Kier molecular flexibility index (Phi) is 5.98. The molecule has 3 aromatic rings. The average Bonchev–Trinajstić information content (AvgIpc) is 3.11. The maximum absolute atomic E-state index is 12.4. The maximum Gasteiger partial charge on any atom is 0.234 e. The van der Waals surface area contributed by atoms with E-state index in [1.54, 1.807) is 11.8 Å². The van der Waals surface area contributed by atoms with E-state index in [1.807, 2.05) is 50.2 Å². The minimum absolute atomic E-state index is 0.138. The number of hydrogen-bond donors (Lipinski definition) is 1. The highest BCUT2D eigenvalue weighted by Gasteiger charge is 2.15. The van der Waals surface area contributed by atoms with Crippen LogP contribution in [-0.4, -0.2) is 39.0 Å². The smallest absolute Gasteiger partial charge is 0.234 e. The molecule has 0 bridgehead atoms. The van der Waals surface area contributed by atoms with Gasteiger partial charge in [0.05, 0.1) is 23.6 Å². The van der Waals surface area contributed by atoms with E-state index in [0.717, 1.165) is 11.1 Å². The molecule has 2 aromatic carbocycles. The molecule has 9 heteroatoms. The van der Waals surface area contributed by atoms with E-state index in [0.29, 0.717) is 27.3 Å². The number of aryl methyl sites for hydroxylation is 2. The molecule has 1 aromatic heterocycles. The Morgan fingerprint density at radius 1 is 1.30 bits per heavy atom. The summed E-state index contributed by atoms with van der Waals surface area (Å²) in [7, 11) is 1.58. The van der Waals surface area contributed by atoms with Gasteiger partial charge in [-0.1, -0.05) is 41.6 Å². The van der Waals surface area contributed by atoms with Crippen molar-refractivity contribution in [3.8, 4) is 11.4 Å². The lowest BCUT2D eigenvalue weighted by Gasteiger charge is -2.12. The lowest BCUT2D eigenvalue weighted by atomic mass is 10.1. The predicted molar refractivity (Wildman–Crippen MR) is 106 cm³/mol. The largest absolute Gasteiger partial charge is 0.494 e. The van der Waals surface area contributed by atoms with Crippen molar-refractivity contribution >= 4 is 35.0 Å². The molecule has 1 heterocycles. The van der Waals surface area contributed by atoms with E-state index in [-0.39, 0.29) is 11.7 Å². The molecule has 3 rings (SSSR count). The number of amides is 1. The third kappa shape index (κ3) is 4.40. The minimum atomic E-state index is -0.191. The summed E-state index contributed by atoms with van der Waals surface area (Å²) in [4.78, 5) is 12.4. The van der Waals surface area contributed by atoms with Crippen molar-refractivity contribution in [3.63, 3.8) is 0 Å². The molecule has 0 atom stereocenters. The molecule has 0 saturated carbocycles. The molecule has 0 saturated heterocycles. The second kappa shape index (κ2) is 8.41. The highest BCUT2D eigenvalue weighted by molar-refractivity contribution is 7.99. The highest BCUT2D eigenvalue weighted by Crippen LogP contribution is 2.28. The van der Waals surface area contributed by atoms with Crippen LogP contribution in [-0.2, 0) is 4.79 Å². The number of para-hydroxylation sites is 2. The van der Waals surface area contributed by atoms with Gasteiger partial charge in [-0.05, 0) is 53.6 Å². The first-order valence-electron chi connectivity index (χ1n) is 8.10. The number of ether oxygens (including phenoxy) is 1. The van der Waals surface area contributed by atoms with Crippen molar-refractivity contribution in [1.82, 2.24) is 20.2 Å². The van der Waals surface area contributed by atoms with Crippen LogP contribution in [0.1, 0.15) is 11.1 Å².